The third-order valence-corrected chi connectivity index (χ3v) is 2.24. The number of aliphatic hydroxyl groups is 1. The van der Waals surface area contributed by atoms with Gasteiger partial charge in [0.25, 0.3) is 5.56 Å². The first-order valence-electron chi connectivity index (χ1n) is 4.97. The molecule has 1 N–H and O–H groups in total. The molecule has 1 aromatic rings. The Bertz CT molecular complexity index is 373. The van der Waals surface area contributed by atoms with E-state index in [0.29, 0.717) is 12.4 Å². The number of aromatic nitrogens is 2. The van der Waals surface area contributed by atoms with Gasteiger partial charge in [0, 0.05) is 32.0 Å². The Labute approximate surface area is 89.0 Å². The summed E-state index contributed by atoms with van der Waals surface area (Å²) in [7, 11) is 1.69. The summed E-state index contributed by atoms with van der Waals surface area (Å²) in [5.41, 5.74) is -0.139. The zero-order chi connectivity index (χ0) is 11.4. The Hall–Kier alpha value is -1.36. The molecule has 84 valence electrons. The number of hydrogen-bond donors (Lipinski definition) is 1. The molecule has 0 radical (unpaired) electrons. The molecule has 0 saturated heterocycles. The minimum Gasteiger partial charge on any atom is -0.395 e. The fourth-order valence-corrected chi connectivity index (χ4v) is 1.40. The molecule has 0 aliphatic carbocycles. The Morgan fingerprint density at radius 1 is 1.60 bits per heavy atom. The number of aliphatic hydroxyl groups excluding tert-OH is 1. The van der Waals surface area contributed by atoms with Crippen LogP contribution in [-0.4, -0.2) is 33.9 Å². The molecular weight excluding hydrogens is 194 g/mol. The zero-order valence-electron chi connectivity index (χ0n) is 9.34. The first kappa shape index (κ1) is 11.7. The molecule has 0 aliphatic heterocycles. The van der Waals surface area contributed by atoms with Gasteiger partial charge in [-0.3, -0.25) is 4.79 Å². The van der Waals surface area contributed by atoms with Crippen LogP contribution in [-0.2, 0) is 7.05 Å². The lowest BCUT2D eigenvalue weighted by atomic mass is 10.3. The number of nitrogens with zero attached hydrogens (tertiary/aromatic N) is 3. The van der Waals surface area contributed by atoms with Crippen molar-refractivity contribution in [3.05, 3.63) is 22.7 Å². The summed E-state index contributed by atoms with van der Waals surface area (Å²) in [5.74, 6) is 0.393. The predicted molar refractivity (Wildman–Crippen MR) is 59.0 cm³/mol. The van der Waals surface area contributed by atoms with Crippen LogP contribution in [0.3, 0.4) is 0 Å². The molecule has 0 aliphatic rings. The van der Waals surface area contributed by atoms with Crippen molar-refractivity contribution in [3.8, 4) is 0 Å². The van der Waals surface area contributed by atoms with E-state index >= 15 is 0 Å². The van der Waals surface area contributed by atoms with Gasteiger partial charge in [0.05, 0.1) is 6.61 Å². The van der Waals surface area contributed by atoms with Gasteiger partial charge in [0.1, 0.15) is 0 Å². The Balaban J connectivity index is 3.11. The van der Waals surface area contributed by atoms with Crippen LogP contribution in [0.4, 0.5) is 5.82 Å². The minimum atomic E-state index is -0.139. The third-order valence-electron chi connectivity index (χ3n) is 2.24. The van der Waals surface area contributed by atoms with Crippen LogP contribution >= 0.6 is 0 Å². The second kappa shape index (κ2) is 4.93. The minimum absolute atomic E-state index is 0.0118. The average molecular weight is 211 g/mol. The first-order chi connectivity index (χ1) is 7.07. The lowest BCUT2D eigenvalue weighted by Crippen LogP contribution is -2.39. The molecule has 15 heavy (non-hydrogen) atoms. The van der Waals surface area contributed by atoms with Crippen LogP contribution in [0.1, 0.15) is 13.8 Å². The maximum atomic E-state index is 11.8. The molecule has 0 unspecified atom stereocenters. The highest BCUT2D eigenvalue weighted by Gasteiger charge is 2.15. The third kappa shape index (κ3) is 2.56. The van der Waals surface area contributed by atoms with Gasteiger partial charge >= 0.3 is 0 Å². The van der Waals surface area contributed by atoms with Gasteiger partial charge in [0.15, 0.2) is 5.82 Å². The van der Waals surface area contributed by atoms with Gasteiger partial charge in [0.2, 0.25) is 0 Å². The molecule has 0 fully saturated rings. The van der Waals surface area contributed by atoms with E-state index in [1.807, 2.05) is 13.8 Å². The van der Waals surface area contributed by atoms with E-state index in [-0.39, 0.29) is 18.2 Å². The van der Waals surface area contributed by atoms with Gasteiger partial charge in [-0.1, -0.05) is 0 Å². The molecule has 0 aromatic carbocycles. The van der Waals surface area contributed by atoms with Crippen LogP contribution in [0.15, 0.2) is 17.2 Å². The van der Waals surface area contributed by atoms with E-state index < -0.39 is 0 Å². The summed E-state index contributed by atoms with van der Waals surface area (Å²) in [6, 6.07) is 0.139. The second-order valence-corrected chi connectivity index (χ2v) is 3.68. The summed E-state index contributed by atoms with van der Waals surface area (Å²) in [4.78, 5) is 17.6. The van der Waals surface area contributed by atoms with Crippen molar-refractivity contribution >= 4 is 5.82 Å². The number of hydrogen-bond acceptors (Lipinski definition) is 4. The molecule has 0 spiro atoms. The van der Waals surface area contributed by atoms with Crippen molar-refractivity contribution in [2.75, 3.05) is 18.1 Å². The van der Waals surface area contributed by atoms with Gasteiger partial charge in [-0.15, -0.1) is 0 Å². The van der Waals surface area contributed by atoms with E-state index in [2.05, 4.69) is 4.98 Å². The zero-order valence-corrected chi connectivity index (χ0v) is 9.34. The smallest absolute Gasteiger partial charge is 0.293 e. The second-order valence-electron chi connectivity index (χ2n) is 3.68. The van der Waals surface area contributed by atoms with Gasteiger partial charge < -0.3 is 14.6 Å². The van der Waals surface area contributed by atoms with Crippen LogP contribution in [0.2, 0.25) is 0 Å². The first-order valence-corrected chi connectivity index (χ1v) is 4.97. The molecule has 1 heterocycles. The number of aryl methyl sites for hydroxylation is 1. The predicted octanol–water partition coefficient (Wildman–Crippen LogP) is -0.0126. The van der Waals surface area contributed by atoms with Gasteiger partial charge in [-0.25, -0.2) is 4.98 Å². The Morgan fingerprint density at radius 2 is 2.27 bits per heavy atom. The van der Waals surface area contributed by atoms with Crippen LogP contribution in [0.5, 0.6) is 0 Å². The topological polar surface area (TPSA) is 58.4 Å². The van der Waals surface area contributed by atoms with E-state index in [0.717, 1.165) is 0 Å². The number of rotatable bonds is 4. The van der Waals surface area contributed by atoms with E-state index in [4.69, 9.17) is 5.11 Å². The van der Waals surface area contributed by atoms with Crippen molar-refractivity contribution in [1.29, 1.82) is 0 Å². The standard InChI is InChI=1S/C10H17N3O2/c1-8(2)13(6-7-14)9-10(15)12(3)5-4-11-9/h4-5,8,14H,6-7H2,1-3H3. The summed E-state index contributed by atoms with van der Waals surface area (Å²) < 4.78 is 1.48. The number of anilines is 1. The highest BCUT2D eigenvalue weighted by atomic mass is 16.3. The largest absolute Gasteiger partial charge is 0.395 e. The monoisotopic (exact) mass is 211 g/mol. The summed E-state index contributed by atoms with van der Waals surface area (Å²) in [5, 5.41) is 8.93. The van der Waals surface area contributed by atoms with Crippen LogP contribution in [0, 0.1) is 0 Å². The van der Waals surface area contributed by atoms with Crippen molar-refractivity contribution in [1.82, 2.24) is 9.55 Å². The average Bonchev–Trinajstić information content (AvgIpc) is 2.19. The highest BCUT2D eigenvalue weighted by Crippen LogP contribution is 2.07. The van der Waals surface area contributed by atoms with Crippen LogP contribution in [0.25, 0.3) is 0 Å². The fourth-order valence-electron chi connectivity index (χ4n) is 1.40. The molecule has 0 bridgehead atoms. The molecule has 5 heteroatoms. The van der Waals surface area contributed by atoms with Crippen LogP contribution < -0.4 is 10.5 Å². The normalized spacial score (nSPS) is 10.7. The molecule has 1 aromatic heterocycles. The Morgan fingerprint density at radius 3 is 2.80 bits per heavy atom. The summed E-state index contributed by atoms with van der Waals surface area (Å²) in [6.07, 6.45) is 3.20. The van der Waals surface area contributed by atoms with E-state index in [9.17, 15) is 4.79 Å². The van der Waals surface area contributed by atoms with E-state index in [1.165, 1.54) is 4.57 Å². The van der Waals surface area contributed by atoms with E-state index in [1.54, 1.807) is 24.3 Å². The molecule has 0 saturated carbocycles. The molecule has 1 rings (SSSR count). The lowest BCUT2D eigenvalue weighted by Gasteiger charge is -2.26. The Kier molecular flexibility index (Phi) is 3.85. The van der Waals surface area contributed by atoms with Gasteiger partial charge in [-0.05, 0) is 13.8 Å². The van der Waals surface area contributed by atoms with Crippen molar-refractivity contribution in [3.63, 3.8) is 0 Å². The van der Waals surface area contributed by atoms with Crippen molar-refractivity contribution in [2.24, 2.45) is 7.05 Å². The summed E-state index contributed by atoms with van der Waals surface area (Å²) >= 11 is 0. The maximum Gasteiger partial charge on any atom is 0.293 e. The molecular formula is C10H17N3O2. The molecule has 5 nitrogen and oxygen atoms in total. The summed E-state index contributed by atoms with van der Waals surface area (Å²) in [6.45, 7) is 4.36. The van der Waals surface area contributed by atoms with Crippen molar-refractivity contribution < 1.29 is 5.11 Å². The SMILES string of the molecule is CC(C)N(CCO)c1nccn(C)c1=O. The van der Waals surface area contributed by atoms with Gasteiger partial charge in [-0.2, -0.15) is 0 Å². The van der Waals surface area contributed by atoms with Crippen molar-refractivity contribution in [2.45, 2.75) is 19.9 Å². The molecule has 0 amide bonds. The quantitative estimate of drug-likeness (QED) is 0.761. The lowest BCUT2D eigenvalue weighted by molar-refractivity contribution is 0.298. The highest BCUT2D eigenvalue weighted by molar-refractivity contribution is 5.36. The molecule has 0 atom stereocenters. The maximum absolute atomic E-state index is 11.8. The fraction of sp³-hybridized carbons (Fsp3) is 0.600.